The van der Waals surface area contributed by atoms with E-state index in [4.69, 9.17) is 12.2 Å². The van der Waals surface area contributed by atoms with E-state index in [2.05, 4.69) is 27.3 Å². The van der Waals surface area contributed by atoms with Crippen LogP contribution in [0.2, 0.25) is 0 Å². The summed E-state index contributed by atoms with van der Waals surface area (Å²) in [6, 6.07) is 0.544. The number of thiol groups is 1. The Balaban J connectivity index is 2.05. The van der Waals surface area contributed by atoms with Crippen molar-refractivity contribution in [1.29, 1.82) is 0 Å². The minimum Gasteiger partial charge on any atom is -0.255 e. The van der Waals surface area contributed by atoms with E-state index in [1.54, 1.807) is 0 Å². The van der Waals surface area contributed by atoms with Gasteiger partial charge in [0.1, 0.15) is 0 Å². The fourth-order valence-electron chi connectivity index (χ4n) is 1.86. The van der Waals surface area contributed by atoms with Gasteiger partial charge >= 0.3 is 0 Å². The summed E-state index contributed by atoms with van der Waals surface area (Å²) in [6.07, 6.45) is 8.23. The maximum atomic E-state index is 5.08. The lowest BCUT2D eigenvalue weighted by molar-refractivity contribution is 0.339. The molecule has 0 N–H and O–H groups in total. The topological polar surface area (TPSA) is 3.24 Å². The van der Waals surface area contributed by atoms with Gasteiger partial charge in [-0.3, -0.25) is 4.31 Å². The van der Waals surface area contributed by atoms with E-state index >= 15 is 0 Å². The lowest BCUT2D eigenvalue weighted by Crippen LogP contribution is -2.36. The Bertz CT molecular complexity index is 235. The molecule has 2 aliphatic rings. The molecule has 1 saturated heterocycles. The third kappa shape index (κ3) is 2.03. The van der Waals surface area contributed by atoms with Crippen LogP contribution in [-0.2, 0) is 0 Å². The molecule has 1 fully saturated rings. The van der Waals surface area contributed by atoms with Gasteiger partial charge in [0, 0.05) is 12.6 Å². The van der Waals surface area contributed by atoms with Gasteiger partial charge in [-0.2, -0.15) is 11.1 Å². The molecule has 1 unspecified atom stereocenters. The van der Waals surface area contributed by atoms with Crippen LogP contribution < -0.4 is 0 Å². The predicted molar refractivity (Wildman–Crippen MR) is 65.3 cm³/mol. The lowest BCUT2D eigenvalue weighted by atomic mass is 10.1. The summed E-state index contributed by atoms with van der Waals surface area (Å²) < 4.78 is 2.56. The zero-order valence-corrected chi connectivity index (χ0v) is 9.31. The second-order valence-electron chi connectivity index (χ2n) is 3.43. The van der Waals surface area contributed by atoms with E-state index in [-0.39, 0.29) is 11.1 Å². The van der Waals surface area contributed by atoms with Crippen molar-refractivity contribution in [3.05, 3.63) is 23.0 Å². The SMILES string of the molecule is S=CC1CCCCN1[SH]1C=CC=C1. The molecule has 0 aromatic heterocycles. The Hall–Kier alpha value is -0.120. The van der Waals surface area contributed by atoms with Gasteiger partial charge in [-0.1, -0.05) is 30.8 Å². The smallest absolute Gasteiger partial charge is 0.0473 e. The molecule has 3 heteroatoms. The fourth-order valence-corrected chi connectivity index (χ4v) is 4.13. The average Bonchev–Trinajstić information content (AvgIpc) is 2.70. The van der Waals surface area contributed by atoms with Crippen molar-refractivity contribution in [2.24, 2.45) is 0 Å². The molecule has 1 atom stereocenters. The summed E-state index contributed by atoms with van der Waals surface area (Å²) in [7, 11) is 0. The summed E-state index contributed by atoms with van der Waals surface area (Å²) in [6.45, 7) is 1.22. The average molecular weight is 213 g/mol. The second kappa shape index (κ2) is 4.40. The molecule has 0 aromatic rings. The van der Waals surface area contributed by atoms with Crippen molar-refractivity contribution in [1.82, 2.24) is 4.31 Å². The molecule has 0 aromatic carbocycles. The highest BCUT2D eigenvalue weighted by molar-refractivity contribution is 8.20. The van der Waals surface area contributed by atoms with Gasteiger partial charge in [0.25, 0.3) is 0 Å². The van der Waals surface area contributed by atoms with E-state index in [0.717, 1.165) is 0 Å². The van der Waals surface area contributed by atoms with Gasteiger partial charge in [-0.15, -0.1) is 0 Å². The number of piperidine rings is 1. The second-order valence-corrected chi connectivity index (χ2v) is 5.57. The number of nitrogens with zero attached hydrogens (tertiary/aromatic N) is 1. The molecule has 72 valence electrons. The van der Waals surface area contributed by atoms with Crippen LogP contribution in [-0.4, -0.2) is 22.3 Å². The number of thiocarbonyl (C=S) groups is 1. The lowest BCUT2D eigenvalue weighted by Gasteiger charge is -2.38. The quantitative estimate of drug-likeness (QED) is 0.555. The van der Waals surface area contributed by atoms with Gasteiger partial charge in [0.2, 0.25) is 0 Å². The summed E-state index contributed by atoms with van der Waals surface area (Å²) in [5.74, 6) is 0. The summed E-state index contributed by atoms with van der Waals surface area (Å²) in [5, 5.41) is 6.57. The first kappa shape index (κ1) is 9.44. The Morgan fingerprint density at radius 1 is 1.31 bits per heavy atom. The normalized spacial score (nSPS) is 31.1. The Kier molecular flexibility index (Phi) is 3.19. The maximum Gasteiger partial charge on any atom is 0.0473 e. The van der Waals surface area contributed by atoms with Gasteiger partial charge in [-0.05, 0) is 29.0 Å². The van der Waals surface area contributed by atoms with Crippen LogP contribution in [0.5, 0.6) is 0 Å². The molecule has 0 radical (unpaired) electrons. The number of hydrogen-bond donors (Lipinski definition) is 1. The molecule has 2 rings (SSSR count). The molecule has 0 bridgehead atoms. The van der Waals surface area contributed by atoms with Crippen molar-refractivity contribution in [3.63, 3.8) is 0 Å². The van der Waals surface area contributed by atoms with E-state index in [1.165, 1.54) is 25.8 Å². The van der Waals surface area contributed by atoms with Gasteiger partial charge in [0.15, 0.2) is 0 Å². The van der Waals surface area contributed by atoms with E-state index in [1.807, 2.05) is 5.37 Å². The molecule has 2 aliphatic heterocycles. The number of rotatable bonds is 2. The van der Waals surface area contributed by atoms with E-state index in [9.17, 15) is 0 Å². The first-order valence-electron chi connectivity index (χ1n) is 4.77. The highest BCUT2D eigenvalue weighted by Gasteiger charge is 2.23. The summed E-state index contributed by atoms with van der Waals surface area (Å²) in [4.78, 5) is 0. The molecule has 1 nitrogen and oxygen atoms in total. The van der Waals surface area contributed by atoms with Crippen LogP contribution in [0, 0.1) is 0 Å². The highest BCUT2D eigenvalue weighted by atomic mass is 32.2. The van der Waals surface area contributed by atoms with Crippen LogP contribution in [0.1, 0.15) is 19.3 Å². The summed E-state index contributed by atoms with van der Waals surface area (Å²) in [5.41, 5.74) is 0. The van der Waals surface area contributed by atoms with Gasteiger partial charge in [0.05, 0.1) is 0 Å². The molecule has 0 spiro atoms. The van der Waals surface area contributed by atoms with Crippen molar-refractivity contribution >= 4 is 28.7 Å². The van der Waals surface area contributed by atoms with Crippen LogP contribution in [0.25, 0.3) is 0 Å². The first-order valence-corrected chi connectivity index (χ1v) is 6.67. The van der Waals surface area contributed by atoms with Crippen molar-refractivity contribution < 1.29 is 0 Å². The largest absolute Gasteiger partial charge is 0.255 e. The van der Waals surface area contributed by atoms with Crippen LogP contribution in [0.15, 0.2) is 23.0 Å². The molecule has 0 amide bonds. The monoisotopic (exact) mass is 213 g/mol. The van der Waals surface area contributed by atoms with Gasteiger partial charge in [-0.25, -0.2) is 0 Å². The third-order valence-electron chi connectivity index (χ3n) is 2.56. The van der Waals surface area contributed by atoms with E-state index < -0.39 is 0 Å². The Morgan fingerprint density at radius 3 is 2.77 bits per heavy atom. The zero-order valence-electron chi connectivity index (χ0n) is 7.60. The molecular formula is C10H15NS2. The maximum absolute atomic E-state index is 5.08. The molecular weight excluding hydrogens is 198 g/mol. The van der Waals surface area contributed by atoms with Crippen LogP contribution >= 0.6 is 23.3 Å². The van der Waals surface area contributed by atoms with Crippen LogP contribution in [0.4, 0.5) is 0 Å². The number of allylic oxidation sites excluding steroid dienone is 2. The molecule has 0 saturated carbocycles. The minimum absolute atomic E-state index is 0.134. The highest BCUT2D eigenvalue weighted by Crippen LogP contribution is 2.41. The van der Waals surface area contributed by atoms with Gasteiger partial charge < -0.3 is 0 Å². The standard InChI is InChI=1S/C10H15NS2/c12-9-10-5-1-2-6-11(10)13-7-3-4-8-13/h3-4,7-10,13H,1-2,5-6H2. The Labute approximate surface area is 88.0 Å². The first-order chi connectivity index (χ1) is 6.42. The van der Waals surface area contributed by atoms with Crippen molar-refractivity contribution in [2.75, 3.05) is 6.54 Å². The van der Waals surface area contributed by atoms with Crippen LogP contribution in [0.3, 0.4) is 0 Å². The predicted octanol–water partition coefficient (Wildman–Crippen LogP) is 2.80. The Morgan fingerprint density at radius 2 is 2.08 bits per heavy atom. The summed E-state index contributed by atoms with van der Waals surface area (Å²) >= 11 is 4.95. The minimum atomic E-state index is -0.134. The fraction of sp³-hybridized carbons (Fsp3) is 0.500. The molecule has 13 heavy (non-hydrogen) atoms. The van der Waals surface area contributed by atoms with Crippen molar-refractivity contribution in [2.45, 2.75) is 25.3 Å². The van der Waals surface area contributed by atoms with E-state index in [0.29, 0.717) is 6.04 Å². The third-order valence-corrected chi connectivity index (χ3v) is 4.92. The molecule has 2 heterocycles. The molecule has 0 aliphatic carbocycles. The zero-order chi connectivity index (χ0) is 9.10. The van der Waals surface area contributed by atoms with Crippen molar-refractivity contribution in [3.8, 4) is 0 Å². The number of hydrogen-bond acceptors (Lipinski definition) is 2.